The number of carbonyl (C=O) groups excluding carboxylic acids is 2. The zero-order valence-electron chi connectivity index (χ0n) is 12.0. The van der Waals surface area contributed by atoms with E-state index in [0.717, 1.165) is 17.3 Å². The van der Waals surface area contributed by atoms with E-state index in [9.17, 15) is 9.59 Å². The van der Waals surface area contributed by atoms with Crippen LogP contribution in [0.5, 0.6) is 11.5 Å². The van der Waals surface area contributed by atoms with Gasteiger partial charge in [-0.3, -0.25) is 14.5 Å². The van der Waals surface area contributed by atoms with Crippen molar-refractivity contribution >= 4 is 29.0 Å². The molecule has 0 unspecified atom stereocenters. The summed E-state index contributed by atoms with van der Waals surface area (Å²) >= 11 is 0.954. The number of nitrogens with zero attached hydrogens (tertiary/aromatic N) is 1. The van der Waals surface area contributed by atoms with Crippen molar-refractivity contribution in [1.29, 1.82) is 0 Å². The first-order chi connectivity index (χ1) is 10.7. The van der Waals surface area contributed by atoms with Crippen molar-refractivity contribution in [2.75, 3.05) is 27.1 Å². The molecule has 0 bridgehead atoms. The Morgan fingerprint density at radius 3 is 2.95 bits per heavy atom. The number of imide groups is 1. The van der Waals surface area contributed by atoms with Gasteiger partial charge in [-0.1, -0.05) is 6.07 Å². The lowest BCUT2D eigenvalue weighted by molar-refractivity contribution is -0.122. The van der Waals surface area contributed by atoms with E-state index in [4.69, 9.17) is 14.2 Å². The lowest BCUT2D eigenvalue weighted by atomic mass is 10.2. The van der Waals surface area contributed by atoms with Gasteiger partial charge in [-0.05, 0) is 42.0 Å². The fourth-order valence-corrected chi connectivity index (χ4v) is 3.08. The van der Waals surface area contributed by atoms with Crippen molar-refractivity contribution in [1.82, 2.24) is 4.90 Å². The average Bonchev–Trinajstić information content (AvgIpc) is 3.07. The van der Waals surface area contributed by atoms with Gasteiger partial charge in [-0.2, -0.15) is 0 Å². The summed E-state index contributed by atoms with van der Waals surface area (Å²) in [7, 11) is 1.59. The molecule has 1 saturated heterocycles. The molecule has 0 aromatic heterocycles. The zero-order chi connectivity index (χ0) is 15.5. The maximum atomic E-state index is 12.3. The smallest absolute Gasteiger partial charge is 0.293 e. The van der Waals surface area contributed by atoms with Crippen molar-refractivity contribution in [2.24, 2.45) is 0 Å². The number of hydrogen-bond donors (Lipinski definition) is 0. The van der Waals surface area contributed by atoms with E-state index in [0.29, 0.717) is 36.0 Å². The molecule has 0 radical (unpaired) electrons. The minimum atomic E-state index is -0.260. The second-order valence-corrected chi connectivity index (χ2v) is 5.79. The molecule has 7 heteroatoms. The van der Waals surface area contributed by atoms with Crippen LogP contribution in [0.2, 0.25) is 0 Å². The third kappa shape index (κ3) is 2.95. The Morgan fingerprint density at radius 2 is 2.14 bits per heavy atom. The first-order valence-electron chi connectivity index (χ1n) is 6.83. The number of ether oxygens (including phenoxy) is 3. The maximum absolute atomic E-state index is 12.3. The molecule has 0 atom stereocenters. The van der Waals surface area contributed by atoms with Crippen molar-refractivity contribution < 1.29 is 23.8 Å². The molecule has 116 valence electrons. The second kappa shape index (κ2) is 6.41. The van der Waals surface area contributed by atoms with Crippen LogP contribution < -0.4 is 9.47 Å². The molecule has 1 aromatic rings. The fraction of sp³-hybridized carbons (Fsp3) is 0.333. The standard InChI is InChI=1S/C15H15NO5S/c1-19-6-2-5-16-14(17)13(22-15(16)18)8-10-3-4-11-12(7-10)21-9-20-11/h3-4,7-8H,2,5-6,9H2,1H3/b13-8+. The molecule has 2 heterocycles. The molecule has 22 heavy (non-hydrogen) atoms. The number of amides is 2. The molecule has 6 nitrogen and oxygen atoms in total. The number of rotatable bonds is 5. The van der Waals surface area contributed by atoms with E-state index < -0.39 is 0 Å². The van der Waals surface area contributed by atoms with Gasteiger partial charge in [0.15, 0.2) is 11.5 Å². The maximum Gasteiger partial charge on any atom is 0.293 e. The number of benzene rings is 1. The molecule has 0 N–H and O–H groups in total. The number of fused-ring (bicyclic) bond motifs is 1. The molecule has 2 aliphatic rings. The Labute approximate surface area is 132 Å². The first kappa shape index (κ1) is 14.9. The van der Waals surface area contributed by atoms with Gasteiger partial charge in [0.1, 0.15) is 0 Å². The molecule has 0 aliphatic carbocycles. The van der Waals surface area contributed by atoms with Crippen molar-refractivity contribution in [3.05, 3.63) is 28.7 Å². The van der Waals surface area contributed by atoms with Gasteiger partial charge >= 0.3 is 0 Å². The summed E-state index contributed by atoms with van der Waals surface area (Å²) in [6.45, 7) is 1.09. The van der Waals surface area contributed by atoms with Gasteiger partial charge in [0.05, 0.1) is 4.91 Å². The summed E-state index contributed by atoms with van der Waals surface area (Å²) in [4.78, 5) is 25.8. The lowest BCUT2D eigenvalue weighted by Gasteiger charge is -2.11. The summed E-state index contributed by atoms with van der Waals surface area (Å²) in [6.07, 6.45) is 2.33. The highest BCUT2D eigenvalue weighted by molar-refractivity contribution is 8.18. The van der Waals surface area contributed by atoms with E-state index in [2.05, 4.69) is 0 Å². The van der Waals surface area contributed by atoms with Gasteiger partial charge in [0.2, 0.25) is 6.79 Å². The highest BCUT2D eigenvalue weighted by Crippen LogP contribution is 2.36. The highest BCUT2D eigenvalue weighted by Gasteiger charge is 2.34. The van der Waals surface area contributed by atoms with E-state index in [1.165, 1.54) is 4.90 Å². The molecule has 0 saturated carbocycles. The molecule has 2 aliphatic heterocycles. The summed E-state index contributed by atoms with van der Waals surface area (Å²) in [6, 6.07) is 5.41. The van der Waals surface area contributed by atoms with E-state index in [1.54, 1.807) is 25.3 Å². The van der Waals surface area contributed by atoms with Crippen LogP contribution >= 0.6 is 11.8 Å². The summed E-state index contributed by atoms with van der Waals surface area (Å²) in [5.41, 5.74) is 0.798. The number of thioether (sulfide) groups is 1. The molecule has 0 spiro atoms. The predicted molar refractivity (Wildman–Crippen MR) is 81.7 cm³/mol. The minimum absolute atomic E-state index is 0.203. The highest BCUT2D eigenvalue weighted by atomic mass is 32.2. The monoisotopic (exact) mass is 321 g/mol. The summed E-state index contributed by atoms with van der Waals surface area (Å²) in [5.74, 6) is 1.07. The zero-order valence-corrected chi connectivity index (χ0v) is 12.9. The Balaban J connectivity index is 1.74. The van der Waals surface area contributed by atoms with Crippen LogP contribution in [0.1, 0.15) is 12.0 Å². The first-order valence-corrected chi connectivity index (χ1v) is 7.64. The molecule has 2 amide bonds. The normalized spacial score (nSPS) is 18.6. The average molecular weight is 321 g/mol. The minimum Gasteiger partial charge on any atom is -0.454 e. The van der Waals surface area contributed by atoms with Crippen molar-refractivity contribution in [3.63, 3.8) is 0 Å². The predicted octanol–water partition coefficient (Wildman–Crippen LogP) is 2.49. The van der Waals surface area contributed by atoms with Gasteiger partial charge in [-0.15, -0.1) is 0 Å². The molecule has 1 aromatic carbocycles. The van der Waals surface area contributed by atoms with E-state index >= 15 is 0 Å². The van der Waals surface area contributed by atoms with Crippen LogP contribution in [-0.2, 0) is 9.53 Å². The van der Waals surface area contributed by atoms with Crippen LogP contribution in [-0.4, -0.2) is 43.1 Å². The van der Waals surface area contributed by atoms with Crippen LogP contribution in [0.15, 0.2) is 23.1 Å². The Kier molecular flexibility index (Phi) is 4.35. The van der Waals surface area contributed by atoms with Crippen LogP contribution in [0, 0.1) is 0 Å². The molecule has 3 rings (SSSR count). The van der Waals surface area contributed by atoms with Crippen LogP contribution in [0.3, 0.4) is 0 Å². The number of carbonyl (C=O) groups is 2. The van der Waals surface area contributed by atoms with Crippen molar-refractivity contribution in [3.8, 4) is 11.5 Å². The Morgan fingerprint density at radius 1 is 1.32 bits per heavy atom. The quantitative estimate of drug-likeness (QED) is 0.613. The largest absolute Gasteiger partial charge is 0.454 e. The molecular weight excluding hydrogens is 306 g/mol. The van der Waals surface area contributed by atoms with Crippen LogP contribution in [0.4, 0.5) is 4.79 Å². The Bertz CT molecular complexity index is 643. The van der Waals surface area contributed by atoms with Gasteiger partial charge in [0.25, 0.3) is 11.1 Å². The van der Waals surface area contributed by atoms with Gasteiger partial charge < -0.3 is 14.2 Å². The lowest BCUT2D eigenvalue weighted by Crippen LogP contribution is -2.29. The van der Waals surface area contributed by atoms with Crippen LogP contribution in [0.25, 0.3) is 6.08 Å². The second-order valence-electron chi connectivity index (χ2n) is 4.79. The third-order valence-electron chi connectivity index (χ3n) is 3.30. The van der Waals surface area contributed by atoms with E-state index in [-0.39, 0.29) is 17.9 Å². The van der Waals surface area contributed by atoms with E-state index in [1.807, 2.05) is 6.07 Å². The molecular formula is C15H15NO5S. The fourth-order valence-electron chi connectivity index (χ4n) is 2.21. The summed E-state index contributed by atoms with van der Waals surface area (Å²) in [5, 5.41) is -0.243. The summed E-state index contributed by atoms with van der Waals surface area (Å²) < 4.78 is 15.5. The van der Waals surface area contributed by atoms with Gasteiger partial charge in [0, 0.05) is 20.3 Å². The third-order valence-corrected chi connectivity index (χ3v) is 4.21. The number of hydrogen-bond acceptors (Lipinski definition) is 6. The number of methoxy groups -OCH3 is 1. The SMILES string of the molecule is COCCCN1C(=O)S/C(=C/c2ccc3c(c2)OCO3)C1=O. The topological polar surface area (TPSA) is 65.1 Å². The van der Waals surface area contributed by atoms with Crippen molar-refractivity contribution in [2.45, 2.75) is 6.42 Å². The molecule has 1 fully saturated rings. The van der Waals surface area contributed by atoms with Gasteiger partial charge in [-0.25, -0.2) is 0 Å². The Hall–Kier alpha value is -1.99.